The lowest BCUT2D eigenvalue weighted by atomic mass is 9.73. The first-order chi connectivity index (χ1) is 9.30. The van der Waals surface area contributed by atoms with E-state index in [4.69, 9.17) is 5.11 Å². The monoisotopic (exact) mass is 293 g/mol. The van der Waals surface area contributed by atoms with Crippen LogP contribution in [0.4, 0.5) is 13.2 Å². The summed E-state index contributed by atoms with van der Waals surface area (Å²) in [7, 11) is 0. The predicted octanol–water partition coefficient (Wildman–Crippen LogP) is 2.33. The van der Waals surface area contributed by atoms with Gasteiger partial charge in [0, 0.05) is 0 Å². The Kier molecular flexibility index (Phi) is 4.25. The first kappa shape index (κ1) is 15.1. The minimum absolute atomic E-state index is 0.345. The van der Waals surface area contributed by atoms with Gasteiger partial charge in [0.2, 0.25) is 5.91 Å². The molecule has 2 rings (SSSR count). The van der Waals surface area contributed by atoms with E-state index in [9.17, 15) is 22.8 Å². The lowest BCUT2D eigenvalue weighted by Crippen LogP contribution is -2.54. The maximum absolute atomic E-state index is 13.0. The Balaban J connectivity index is 2.00. The number of rotatable bonds is 4. The summed E-state index contributed by atoms with van der Waals surface area (Å²) in [4.78, 5) is 22.7. The Hall–Kier alpha value is -1.27. The molecule has 3 atom stereocenters. The summed E-state index contributed by atoms with van der Waals surface area (Å²) in [6, 6.07) is -1.84. The molecular weight excluding hydrogens is 275 g/mol. The van der Waals surface area contributed by atoms with Crippen molar-refractivity contribution in [3.05, 3.63) is 0 Å². The van der Waals surface area contributed by atoms with Crippen LogP contribution in [0.2, 0.25) is 0 Å². The van der Waals surface area contributed by atoms with Gasteiger partial charge < -0.3 is 10.4 Å². The number of nitrogens with one attached hydrogen (secondary N) is 1. The van der Waals surface area contributed by atoms with Crippen LogP contribution in [0.5, 0.6) is 0 Å². The van der Waals surface area contributed by atoms with Crippen molar-refractivity contribution in [3.8, 4) is 0 Å². The second kappa shape index (κ2) is 5.61. The van der Waals surface area contributed by atoms with E-state index in [1.165, 1.54) is 0 Å². The molecule has 2 fully saturated rings. The van der Waals surface area contributed by atoms with Gasteiger partial charge in [-0.3, -0.25) is 9.59 Å². The van der Waals surface area contributed by atoms with Gasteiger partial charge in [0.05, 0.1) is 11.8 Å². The van der Waals surface area contributed by atoms with E-state index in [0.29, 0.717) is 25.7 Å². The third-order valence-corrected chi connectivity index (χ3v) is 4.45. The van der Waals surface area contributed by atoms with E-state index in [0.717, 1.165) is 12.8 Å². The Labute approximate surface area is 114 Å². The molecule has 0 bridgehead atoms. The number of amides is 1. The number of carbonyl (C=O) groups excluding carboxylic acids is 1. The fourth-order valence-electron chi connectivity index (χ4n) is 3.13. The molecule has 0 spiro atoms. The Morgan fingerprint density at radius 3 is 2.00 bits per heavy atom. The van der Waals surface area contributed by atoms with Crippen LogP contribution in [0.3, 0.4) is 0 Å². The lowest BCUT2D eigenvalue weighted by Gasteiger charge is -2.35. The number of carbonyl (C=O) groups is 2. The fraction of sp³-hybridized carbons (Fsp3) is 0.846. The van der Waals surface area contributed by atoms with E-state index in [1.54, 1.807) is 0 Å². The molecule has 2 saturated carbocycles. The second-order valence-corrected chi connectivity index (χ2v) is 5.70. The highest BCUT2D eigenvalue weighted by atomic mass is 19.4. The van der Waals surface area contributed by atoms with Gasteiger partial charge in [0.1, 0.15) is 6.04 Å². The first-order valence-corrected chi connectivity index (χ1v) is 6.90. The van der Waals surface area contributed by atoms with Gasteiger partial charge in [-0.15, -0.1) is 0 Å². The topological polar surface area (TPSA) is 66.4 Å². The predicted molar refractivity (Wildman–Crippen MR) is 63.8 cm³/mol. The highest BCUT2D eigenvalue weighted by molar-refractivity contribution is 5.86. The van der Waals surface area contributed by atoms with Crippen LogP contribution >= 0.6 is 0 Å². The van der Waals surface area contributed by atoms with Crippen molar-refractivity contribution in [1.29, 1.82) is 0 Å². The summed E-state index contributed by atoms with van der Waals surface area (Å²) in [6.07, 6.45) is -1.38. The Bertz CT molecular complexity index is 391. The second-order valence-electron chi connectivity index (χ2n) is 5.70. The number of alkyl halides is 3. The lowest BCUT2D eigenvalue weighted by molar-refractivity contribution is -0.175. The highest BCUT2D eigenvalue weighted by Gasteiger charge is 2.49. The standard InChI is InChI=1S/C13H18F3NO3/c14-13(15,16)10(7-3-1-2-4-7)17-11(18)8-5-6-9(8)12(19)20/h7-10H,1-6H2,(H,17,18)(H,19,20). The molecule has 0 aliphatic heterocycles. The zero-order chi connectivity index (χ0) is 14.9. The molecule has 0 heterocycles. The van der Waals surface area contributed by atoms with Gasteiger partial charge in [0.25, 0.3) is 0 Å². The van der Waals surface area contributed by atoms with Crippen LogP contribution in [0, 0.1) is 17.8 Å². The smallest absolute Gasteiger partial charge is 0.408 e. The number of hydrogen-bond donors (Lipinski definition) is 2. The molecule has 20 heavy (non-hydrogen) atoms. The Morgan fingerprint density at radius 2 is 1.60 bits per heavy atom. The summed E-state index contributed by atoms with van der Waals surface area (Å²) in [5.41, 5.74) is 0. The average molecular weight is 293 g/mol. The fourth-order valence-corrected chi connectivity index (χ4v) is 3.13. The molecule has 4 nitrogen and oxygen atoms in total. The summed E-state index contributed by atoms with van der Waals surface area (Å²) < 4.78 is 39.1. The van der Waals surface area contributed by atoms with Crippen LogP contribution in [0.1, 0.15) is 38.5 Å². The Morgan fingerprint density at radius 1 is 1.05 bits per heavy atom. The number of carboxylic acids is 1. The SMILES string of the molecule is O=C(O)C1CCC1C(=O)NC(C1CCCC1)C(F)(F)F. The summed E-state index contributed by atoms with van der Waals surface area (Å²) in [5, 5.41) is 10.9. The number of hydrogen-bond acceptors (Lipinski definition) is 2. The van der Waals surface area contributed by atoms with Crippen LogP contribution in [0.15, 0.2) is 0 Å². The zero-order valence-electron chi connectivity index (χ0n) is 10.9. The van der Waals surface area contributed by atoms with E-state index in [-0.39, 0.29) is 0 Å². The van der Waals surface area contributed by atoms with E-state index in [1.807, 2.05) is 0 Å². The van der Waals surface area contributed by atoms with Crippen molar-refractivity contribution < 1.29 is 27.9 Å². The van der Waals surface area contributed by atoms with Crippen LogP contribution < -0.4 is 5.32 Å². The van der Waals surface area contributed by atoms with Crippen molar-refractivity contribution in [3.63, 3.8) is 0 Å². The summed E-state index contributed by atoms with van der Waals surface area (Å²) in [6.45, 7) is 0. The van der Waals surface area contributed by atoms with Gasteiger partial charge >= 0.3 is 12.1 Å². The van der Waals surface area contributed by atoms with Gasteiger partial charge in [0.15, 0.2) is 0 Å². The largest absolute Gasteiger partial charge is 0.481 e. The normalized spacial score (nSPS) is 28.8. The van der Waals surface area contributed by atoms with Crippen molar-refractivity contribution in [2.75, 3.05) is 0 Å². The molecule has 0 saturated heterocycles. The van der Waals surface area contributed by atoms with Gasteiger partial charge in [-0.2, -0.15) is 13.2 Å². The molecule has 0 aromatic carbocycles. The molecule has 3 unspecified atom stereocenters. The molecule has 0 aromatic rings. The van der Waals surface area contributed by atoms with E-state index < -0.39 is 41.8 Å². The highest BCUT2D eigenvalue weighted by Crippen LogP contribution is 2.38. The molecule has 2 aliphatic carbocycles. The molecular formula is C13H18F3NO3. The first-order valence-electron chi connectivity index (χ1n) is 6.90. The summed E-state index contributed by atoms with van der Waals surface area (Å²) in [5.74, 6) is -4.12. The zero-order valence-corrected chi connectivity index (χ0v) is 10.9. The average Bonchev–Trinajstić information content (AvgIpc) is 2.74. The van der Waals surface area contributed by atoms with Crippen molar-refractivity contribution in [2.24, 2.45) is 17.8 Å². The minimum atomic E-state index is -4.48. The molecule has 7 heteroatoms. The van der Waals surface area contributed by atoms with Gasteiger partial charge in [-0.1, -0.05) is 12.8 Å². The third-order valence-electron chi connectivity index (χ3n) is 4.45. The van der Waals surface area contributed by atoms with Gasteiger partial charge in [-0.25, -0.2) is 0 Å². The summed E-state index contributed by atoms with van der Waals surface area (Å²) >= 11 is 0. The van der Waals surface area contributed by atoms with Crippen LogP contribution in [-0.2, 0) is 9.59 Å². The maximum Gasteiger partial charge on any atom is 0.408 e. The van der Waals surface area contributed by atoms with Crippen molar-refractivity contribution in [2.45, 2.75) is 50.7 Å². The van der Waals surface area contributed by atoms with Crippen molar-refractivity contribution >= 4 is 11.9 Å². The van der Waals surface area contributed by atoms with Crippen molar-refractivity contribution in [1.82, 2.24) is 5.32 Å². The number of carboxylic acid groups (broad SMARTS) is 1. The molecule has 1 amide bonds. The van der Waals surface area contributed by atoms with E-state index in [2.05, 4.69) is 5.32 Å². The third kappa shape index (κ3) is 3.07. The molecule has 2 N–H and O–H groups in total. The quantitative estimate of drug-likeness (QED) is 0.836. The minimum Gasteiger partial charge on any atom is -0.481 e. The number of aliphatic carboxylic acids is 1. The molecule has 0 radical (unpaired) electrons. The molecule has 114 valence electrons. The van der Waals surface area contributed by atoms with Crippen LogP contribution in [0.25, 0.3) is 0 Å². The molecule has 0 aromatic heterocycles. The molecule has 2 aliphatic rings. The number of halogens is 3. The van der Waals surface area contributed by atoms with E-state index >= 15 is 0 Å². The maximum atomic E-state index is 13.0. The van der Waals surface area contributed by atoms with Crippen LogP contribution in [-0.4, -0.2) is 29.2 Å². The van der Waals surface area contributed by atoms with Gasteiger partial charge in [-0.05, 0) is 31.6 Å².